The highest BCUT2D eigenvalue weighted by Gasteiger charge is 2.15. The first-order valence-corrected chi connectivity index (χ1v) is 5.36. The lowest BCUT2D eigenvalue weighted by Gasteiger charge is -2.16. The molecule has 0 spiro atoms. The fraction of sp³-hybridized carbons (Fsp3) is 0.600. The number of aromatic nitrogens is 2. The van der Waals surface area contributed by atoms with Crippen LogP contribution in [0.1, 0.15) is 31.6 Å². The molecular formula is C10H15N7. The maximum Gasteiger partial charge on any atom is 0.138 e. The number of nitrogens with one attached hydrogen (secondary N) is 1. The third-order valence-electron chi connectivity index (χ3n) is 2.30. The van der Waals surface area contributed by atoms with Crippen LogP contribution in [-0.4, -0.2) is 22.6 Å². The van der Waals surface area contributed by atoms with Gasteiger partial charge in [0.15, 0.2) is 0 Å². The first kappa shape index (κ1) is 13.0. The molecule has 0 aliphatic heterocycles. The monoisotopic (exact) mass is 233 g/mol. The molecule has 1 N–H and O–H groups in total. The summed E-state index contributed by atoms with van der Waals surface area (Å²) in [5.74, 6) is 0. The van der Waals surface area contributed by atoms with Gasteiger partial charge in [-0.2, -0.15) is 5.26 Å². The lowest BCUT2D eigenvalue weighted by molar-refractivity contribution is 0.529. The SMILES string of the molecule is CC(C)n1cncc1C(C#N)NCCN=[N+]=[N-]. The average molecular weight is 233 g/mol. The number of hydrogen-bond acceptors (Lipinski definition) is 4. The van der Waals surface area contributed by atoms with Crippen LogP contribution < -0.4 is 5.32 Å². The second-order valence-corrected chi connectivity index (χ2v) is 3.79. The summed E-state index contributed by atoms with van der Waals surface area (Å²) < 4.78 is 1.94. The topological polar surface area (TPSA) is 102 Å². The third-order valence-corrected chi connectivity index (χ3v) is 2.30. The van der Waals surface area contributed by atoms with Crippen LogP contribution in [0.4, 0.5) is 0 Å². The number of nitriles is 1. The molecule has 0 bridgehead atoms. The van der Waals surface area contributed by atoms with Crippen LogP contribution in [0.2, 0.25) is 0 Å². The Morgan fingerprint density at radius 1 is 1.71 bits per heavy atom. The Hall–Kier alpha value is -2.03. The van der Waals surface area contributed by atoms with Gasteiger partial charge >= 0.3 is 0 Å². The molecule has 1 heterocycles. The molecule has 1 rings (SSSR count). The summed E-state index contributed by atoms with van der Waals surface area (Å²) in [6, 6.07) is 1.99. The van der Waals surface area contributed by atoms with Crippen molar-refractivity contribution in [2.45, 2.75) is 25.9 Å². The number of azide groups is 1. The van der Waals surface area contributed by atoms with Crippen molar-refractivity contribution >= 4 is 0 Å². The summed E-state index contributed by atoms with van der Waals surface area (Å²) in [6.45, 7) is 4.84. The zero-order chi connectivity index (χ0) is 12.7. The second-order valence-electron chi connectivity index (χ2n) is 3.79. The fourth-order valence-electron chi connectivity index (χ4n) is 1.49. The van der Waals surface area contributed by atoms with E-state index >= 15 is 0 Å². The van der Waals surface area contributed by atoms with Gasteiger partial charge in [-0.3, -0.25) is 5.32 Å². The average Bonchev–Trinajstić information content (AvgIpc) is 2.78. The van der Waals surface area contributed by atoms with Crippen molar-refractivity contribution in [2.24, 2.45) is 5.11 Å². The highest BCUT2D eigenvalue weighted by Crippen LogP contribution is 2.16. The Kier molecular flexibility index (Phi) is 5.01. The van der Waals surface area contributed by atoms with Gasteiger partial charge < -0.3 is 4.57 Å². The maximum absolute atomic E-state index is 9.10. The highest BCUT2D eigenvalue weighted by molar-refractivity contribution is 5.14. The standard InChI is InChI=1S/C10H15N7/c1-8(2)17-7-13-6-10(17)9(5-11)14-3-4-15-16-12/h6-9,14H,3-4H2,1-2H3. The smallest absolute Gasteiger partial charge is 0.138 e. The first-order valence-electron chi connectivity index (χ1n) is 5.36. The summed E-state index contributed by atoms with van der Waals surface area (Å²) in [6.07, 6.45) is 3.38. The largest absolute Gasteiger partial charge is 0.330 e. The van der Waals surface area contributed by atoms with Gasteiger partial charge in [-0.15, -0.1) is 0 Å². The third kappa shape index (κ3) is 3.48. The summed E-state index contributed by atoms with van der Waals surface area (Å²) in [4.78, 5) is 6.70. The van der Waals surface area contributed by atoms with Crippen LogP contribution in [0.15, 0.2) is 17.6 Å². The Morgan fingerprint density at radius 2 is 2.47 bits per heavy atom. The molecule has 1 atom stereocenters. The van der Waals surface area contributed by atoms with Gasteiger partial charge in [0.25, 0.3) is 0 Å². The maximum atomic E-state index is 9.10. The van der Waals surface area contributed by atoms with Crippen molar-refractivity contribution in [1.82, 2.24) is 14.9 Å². The van der Waals surface area contributed by atoms with Crippen molar-refractivity contribution in [1.29, 1.82) is 5.26 Å². The normalized spacial score (nSPS) is 11.9. The number of nitrogens with zero attached hydrogens (tertiary/aromatic N) is 6. The van der Waals surface area contributed by atoms with E-state index in [-0.39, 0.29) is 6.04 Å². The molecule has 1 aromatic rings. The predicted octanol–water partition coefficient (Wildman–Crippen LogP) is 1.93. The highest BCUT2D eigenvalue weighted by atomic mass is 15.1. The lowest BCUT2D eigenvalue weighted by Crippen LogP contribution is -2.25. The molecule has 0 fully saturated rings. The molecule has 7 heteroatoms. The Morgan fingerprint density at radius 3 is 3.06 bits per heavy atom. The van der Waals surface area contributed by atoms with Gasteiger partial charge in [0, 0.05) is 24.0 Å². The van der Waals surface area contributed by atoms with E-state index in [2.05, 4.69) is 26.4 Å². The molecule has 7 nitrogen and oxygen atoms in total. The first-order chi connectivity index (χ1) is 8.20. The van der Waals surface area contributed by atoms with Gasteiger partial charge in [0.2, 0.25) is 0 Å². The van der Waals surface area contributed by atoms with Gasteiger partial charge in [0.1, 0.15) is 6.04 Å². The molecule has 1 unspecified atom stereocenters. The van der Waals surface area contributed by atoms with Crippen LogP contribution in [-0.2, 0) is 0 Å². The molecule has 0 aliphatic carbocycles. The number of rotatable bonds is 6. The van der Waals surface area contributed by atoms with Crippen molar-refractivity contribution in [2.75, 3.05) is 13.1 Å². The molecule has 0 amide bonds. The van der Waals surface area contributed by atoms with Crippen molar-refractivity contribution in [3.63, 3.8) is 0 Å². The van der Waals surface area contributed by atoms with E-state index in [1.54, 1.807) is 12.5 Å². The van der Waals surface area contributed by atoms with E-state index < -0.39 is 6.04 Å². The van der Waals surface area contributed by atoms with Crippen molar-refractivity contribution in [3.05, 3.63) is 28.7 Å². The Balaban J connectivity index is 2.70. The van der Waals surface area contributed by atoms with Gasteiger partial charge in [-0.05, 0) is 19.4 Å². The van der Waals surface area contributed by atoms with Crippen LogP contribution >= 0.6 is 0 Å². The molecule has 0 aliphatic rings. The van der Waals surface area contributed by atoms with E-state index in [1.807, 2.05) is 18.4 Å². The second kappa shape index (κ2) is 6.53. The zero-order valence-corrected chi connectivity index (χ0v) is 9.91. The fourth-order valence-corrected chi connectivity index (χ4v) is 1.49. The Labute approximate surface area is 99.7 Å². The van der Waals surface area contributed by atoms with Gasteiger partial charge in [0.05, 0.1) is 24.3 Å². The molecule has 0 aromatic carbocycles. The van der Waals surface area contributed by atoms with Crippen LogP contribution in [0.3, 0.4) is 0 Å². The van der Waals surface area contributed by atoms with Crippen LogP contribution in [0, 0.1) is 11.3 Å². The van der Waals surface area contributed by atoms with E-state index in [0.717, 1.165) is 5.69 Å². The molecule has 1 aromatic heterocycles. The molecule has 0 saturated carbocycles. The minimum atomic E-state index is -0.436. The minimum absolute atomic E-state index is 0.252. The van der Waals surface area contributed by atoms with E-state index in [9.17, 15) is 0 Å². The van der Waals surface area contributed by atoms with E-state index in [4.69, 9.17) is 10.8 Å². The summed E-state index contributed by atoms with van der Waals surface area (Å²) >= 11 is 0. The van der Waals surface area contributed by atoms with E-state index in [1.165, 1.54) is 0 Å². The molecule has 17 heavy (non-hydrogen) atoms. The molecule has 0 saturated heterocycles. The minimum Gasteiger partial charge on any atom is -0.330 e. The van der Waals surface area contributed by atoms with Gasteiger partial charge in [-0.25, -0.2) is 4.98 Å². The zero-order valence-electron chi connectivity index (χ0n) is 9.91. The van der Waals surface area contributed by atoms with Crippen LogP contribution in [0.5, 0.6) is 0 Å². The lowest BCUT2D eigenvalue weighted by atomic mass is 10.2. The van der Waals surface area contributed by atoms with E-state index in [0.29, 0.717) is 13.1 Å². The molecule has 0 radical (unpaired) electrons. The predicted molar refractivity (Wildman–Crippen MR) is 63.0 cm³/mol. The van der Waals surface area contributed by atoms with Crippen molar-refractivity contribution in [3.8, 4) is 6.07 Å². The number of imidazole rings is 1. The molecular weight excluding hydrogens is 218 g/mol. The summed E-state index contributed by atoms with van der Waals surface area (Å²) in [7, 11) is 0. The Bertz CT molecular complexity index is 436. The van der Waals surface area contributed by atoms with Crippen LogP contribution in [0.25, 0.3) is 10.4 Å². The summed E-state index contributed by atoms with van der Waals surface area (Å²) in [5.41, 5.74) is 8.96. The quantitative estimate of drug-likeness (QED) is 0.351. The summed E-state index contributed by atoms with van der Waals surface area (Å²) in [5, 5.41) is 15.5. The molecule has 90 valence electrons. The van der Waals surface area contributed by atoms with Crippen molar-refractivity contribution < 1.29 is 0 Å². The number of hydrogen-bond donors (Lipinski definition) is 1. The van der Waals surface area contributed by atoms with Gasteiger partial charge in [-0.1, -0.05) is 5.11 Å².